The zero-order chi connectivity index (χ0) is 79.5. The van der Waals surface area contributed by atoms with Gasteiger partial charge < -0.3 is 33.8 Å². The summed E-state index contributed by atoms with van der Waals surface area (Å²) < 4.78 is 69.0. The SMILES string of the molecule is CCC(C)CCCCCCCCCCCCCCCCCCCCC(=O)OC[C@H](COP(=O)(O)OC[C@@H](O)COP(=O)(O)OC[C@@H](COC(=O)CCCCCCCCC(C)CC)OC(=O)CCCCCCCCCCCCCCCCCC(C)C)OC(=O)CCCCCCCCCCCCCCCCCC(C)C. The topological polar surface area (TPSA) is 237 Å². The molecule has 0 aromatic rings. The van der Waals surface area contributed by atoms with E-state index < -0.39 is 97.5 Å². The maximum Gasteiger partial charge on any atom is 0.472 e. The summed E-state index contributed by atoms with van der Waals surface area (Å²) in [5.41, 5.74) is 0. The van der Waals surface area contributed by atoms with E-state index in [1.165, 1.54) is 263 Å². The molecule has 17 nitrogen and oxygen atoms in total. The summed E-state index contributed by atoms with van der Waals surface area (Å²) in [7, 11) is -9.93. The van der Waals surface area contributed by atoms with Crippen LogP contribution in [0.4, 0.5) is 0 Å². The summed E-state index contributed by atoms with van der Waals surface area (Å²) in [4.78, 5) is 73.3. The average molecular weight is 1580 g/mol. The van der Waals surface area contributed by atoms with E-state index in [9.17, 15) is 43.2 Å². The Morgan fingerprint density at radius 1 is 0.259 bits per heavy atom. The molecule has 7 atom stereocenters. The molecular weight excluding hydrogens is 1400 g/mol. The van der Waals surface area contributed by atoms with Crippen LogP contribution < -0.4 is 0 Å². The van der Waals surface area contributed by atoms with E-state index in [-0.39, 0.29) is 25.7 Å². The molecule has 0 aliphatic carbocycles. The van der Waals surface area contributed by atoms with Crippen molar-refractivity contribution in [3.63, 3.8) is 0 Å². The van der Waals surface area contributed by atoms with Crippen molar-refractivity contribution in [2.75, 3.05) is 39.6 Å². The fourth-order valence-electron chi connectivity index (χ4n) is 13.8. The second-order valence-electron chi connectivity index (χ2n) is 33.4. The third-order valence-corrected chi connectivity index (χ3v) is 23.4. The Hall–Kier alpha value is -1.94. The largest absolute Gasteiger partial charge is 0.472 e. The van der Waals surface area contributed by atoms with Crippen molar-refractivity contribution in [3.8, 4) is 0 Å². The van der Waals surface area contributed by atoms with Gasteiger partial charge in [0.15, 0.2) is 12.2 Å². The number of phosphoric ester groups is 2. The first-order chi connectivity index (χ1) is 52.2. The summed E-state index contributed by atoms with van der Waals surface area (Å²) in [5.74, 6) is 1.10. The van der Waals surface area contributed by atoms with Crippen LogP contribution >= 0.6 is 15.6 Å². The normalized spacial score (nSPS) is 14.4. The molecule has 0 saturated carbocycles. The van der Waals surface area contributed by atoms with E-state index in [4.69, 9.17) is 37.0 Å². The third-order valence-electron chi connectivity index (χ3n) is 21.5. The number of hydrogen-bond donors (Lipinski definition) is 3. The van der Waals surface area contributed by atoms with Gasteiger partial charge in [-0.05, 0) is 49.4 Å². The average Bonchev–Trinajstić information content (AvgIpc) is 0.900. The number of esters is 4. The molecule has 4 unspecified atom stereocenters. The number of carbonyl (C=O) groups excluding carboxylic acids is 4. The summed E-state index contributed by atoms with van der Waals surface area (Å²) in [5, 5.41) is 10.7. The zero-order valence-electron chi connectivity index (χ0n) is 71.5. The highest BCUT2D eigenvalue weighted by atomic mass is 31.2. The standard InChI is InChI=1S/C89H174O17P2/c1-9-81(7)67-59-51-43-37-31-25-19-13-11-12-14-20-26-32-38-44-53-61-69-86(91)99-75-84(105-88(93)71-63-55-45-39-33-27-21-15-17-23-29-35-41-49-57-65-79(3)4)77-103-107(95,96)101-73-83(90)74-102-108(97,98)104-78-85(76-100-87(92)70-62-54-48-47-52-60-68-82(8)10-2)106-89(94)72-64-56-46-40-34-28-22-16-18-24-30-36-42-50-58-66-80(5)6/h79-85,90H,9-78H2,1-8H3,(H,95,96)(H,97,98)/t81?,82?,83-,84-,85-/m1/s1. The highest BCUT2D eigenvalue weighted by Crippen LogP contribution is 2.45. The molecule has 19 heteroatoms. The number of aliphatic hydroxyl groups excluding tert-OH is 1. The minimum atomic E-state index is -4.97. The molecule has 0 saturated heterocycles. The maximum atomic E-state index is 13.2. The van der Waals surface area contributed by atoms with Crippen LogP contribution in [0.15, 0.2) is 0 Å². The highest BCUT2D eigenvalue weighted by Gasteiger charge is 2.31. The molecule has 0 amide bonds. The molecule has 0 aromatic heterocycles. The number of phosphoric acid groups is 2. The van der Waals surface area contributed by atoms with E-state index in [1.54, 1.807) is 0 Å². The molecule has 0 fully saturated rings. The van der Waals surface area contributed by atoms with Crippen molar-refractivity contribution >= 4 is 39.5 Å². The van der Waals surface area contributed by atoms with Gasteiger partial charge in [-0.15, -0.1) is 0 Å². The van der Waals surface area contributed by atoms with Crippen molar-refractivity contribution in [2.24, 2.45) is 23.7 Å². The monoisotopic (exact) mass is 1580 g/mol. The van der Waals surface area contributed by atoms with Gasteiger partial charge in [0, 0.05) is 25.7 Å². The van der Waals surface area contributed by atoms with Crippen molar-refractivity contribution in [2.45, 2.75) is 485 Å². The van der Waals surface area contributed by atoms with Crippen molar-refractivity contribution in [1.82, 2.24) is 0 Å². The van der Waals surface area contributed by atoms with Gasteiger partial charge in [-0.1, -0.05) is 415 Å². The molecule has 0 radical (unpaired) electrons. The molecule has 642 valence electrons. The Morgan fingerprint density at radius 2 is 0.444 bits per heavy atom. The van der Waals surface area contributed by atoms with E-state index in [0.717, 1.165) is 120 Å². The highest BCUT2D eigenvalue weighted by molar-refractivity contribution is 7.47. The predicted octanol–water partition coefficient (Wildman–Crippen LogP) is 27.1. The van der Waals surface area contributed by atoms with Crippen LogP contribution in [0.2, 0.25) is 0 Å². The molecule has 0 heterocycles. The number of hydrogen-bond acceptors (Lipinski definition) is 15. The second kappa shape index (κ2) is 77.6. The van der Waals surface area contributed by atoms with Crippen molar-refractivity contribution in [1.29, 1.82) is 0 Å². The third kappa shape index (κ3) is 79.3. The number of carbonyl (C=O) groups is 4. The van der Waals surface area contributed by atoms with Crippen LogP contribution in [0.25, 0.3) is 0 Å². The van der Waals surface area contributed by atoms with Crippen molar-refractivity contribution in [3.05, 3.63) is 0 Å². The van der Waals surface area contributed by atoms with E-state index in [2.05, 4.69) is 55.4 Å². The van der Waals surface area contributed by atoms with Gasteiger partial charge in [0.25, 0.3) is 0 Å². The lowest BCUT2D eigenvalue weighted by molar-refractivity contribution is -0.161. The van der Waals surface area contributed by atoms with Crippen LogP contribution in [-0.4, -0.2) is 96.7 Å². The van der Waals surface area contributed by atoms with Gasteiger partial charge in [0.1, 0.15) is 19.3 Å². The fourth-order valence-corrected chi connectivity index (χ4v) is 15.4. The first-order valence-electron chi connectivity index (χ1n) is 45.8. The Labute approximate surface area is 664 Å². The lowest BCUT2D eigenvalue weighted by Gasteiger charge is -2.21. The van der Waals surface area contributed by atoms with Gasteiger partial charge in [-0.2, -0.15) is 0 Å². The number of aliphatic hydroxyl groups is 1. The summed E-state index contributed by atoms with van der Waals surface area (Å²) in [6, 6.07) is 0. The summed E-state index contributed by atoms with van der Waals surface area (Å²) >= 11 is 0. The fraction of sp³-hybridized carbons (Fsp3) is 0.955. The predicted molar refractivity (Wildman–Crippen MR) is 446 cm³/mol. The van der Waals surface area contributed by atoms with Gasteiger partial charge in [0.05, 0.1) is 26.4 Å². The first-order valence-corrected chi connectivity index (χ1v) is 48.8. The quantitative estimate of drug-likeness (QED) is 0.0222. The van der Waals surface area contributed by atoms with Crippen LogP contribution in [0.3, 0.4) is 0 Å². The van der Waals surface area contributed by atoms with E-state index in [1.807, 2.05) is 0 Å². The lowest BCUT2D eigenvalue weighted by Crippen LogP contribution is -2.30. The number of ether oxygens (including phenoxy) is 4. The van der Waals surface area contributed by atoms with Crippen molar-refractivity contribution < 1.29 is 80.2 Å². The van der Waals surface area contributed by atoms with E-state index >= 15 is 0 Å². The second-order valence-corrected chi connectivity index (χ2v) is 36.3. The van der Waals surface area contributed by atoms with Gasteiger partial charge in [-0.25, -0.2) is 9.13 Å². The number of rotatable bonds is 86. The molecule has 3 N–H and O–H groups in total. The van der Waals surface area contributed by atoms with Gasteiger partial charge in [0.2, 0.25) is 0 Å². The lowest BCUT2D eigenvalue weighted by atomic mass is 9.99. The van der Waals surface area contributed by atoms with Gasteiger partial charge in [-0.3, -0.25) is 37.3 Å². The van der Waals surface area contributed by atoms with E-state index in [0.29, 0.717) is 25.7 Å². The Morgan fingerprint density at radius 3 is 0.657 bits per heavy atom. The minimum Gasteiger partial charge on any atom is -0.462 e. The summed E-state index contributed by atoms with van der Waals surface area (Å²) in [6.07, 6.45) is 68.1. The Balaban J connectivity index is 5.22. The molecule has 0 aliphatic heterocycles. The Kier molecular flexibility index (Phi) is 76.2. The molecule has 0 rings (SSSR count). The molecular formula is C89H174O17P2. The maximum absolute atomic E-state index is 13.2. The van der Waals surface area contributed by atoms with Crippen LogP contribution in [0, 0.1) is 23.7 Å². The summed E-state index contributed by atoms with van der Waals surface area (Å²) in [6.45, 7) is 14.4. The van der Waals surface area contributed by atoms with Crippen LogP contribution in [-0.2, 0) is 65.4 Å². The van der Waals surface area contributed by atoms with Crippen LogP contribution in [0.5, 0.6) is 0 Å². The zero-order valence-corrected chi connectivity index (χ0v) is 73.3. The molecule has 108 heavy (non-hydrogen) atoms. The molecule has 0 aliphatic rings. The molecule has 0 bridgehead atoms. The smallest absolute Gasteiger partial charge is 0.462 e. The molecule has 0 spiro atoms. The van der Waals surface area contributed by atoms with Gasteiger partial charge >= 0.3 is 39.5 Å². The minimum absolute atomic E-state index is 0.107. The van der Waals surface area contributed by atoms with Crippen LogP contribution in [0.1, 0.15) is 466 Å². The number of unbranched alkanes of at least 4 members (excludes halogenated alkanes) is 50. The first kappa shape index (κ1) is 106. The Bertz CT molecular complexity index is 2100. The molecule has 0 aromatic carbocycles.